The second-order valence-electron chi connectivity index (χ2n) is 8.08. The Bertz CT molecular complexity index is 1150. The molecule has 0 bridgehead atoms. The van der Waals surface area contributed by atoms with Gasteiger partial charge in [0.2, 0.25) is 12.2 Å². The van der Waals surface area contributed by atoms with E-state index in [1.165, 1.54) is 19.1 Å². The van der Waals surface area contributed by atoms with Gasteiger partial charge in [-0.3, -0.25) is 15.0 Å². The fourth-order valence-electron chi connectivity index (χ4n) is 4.24. The maximum atomic E-state index is 13.9. The van der Waals surface area contributed by atoms with Gasteiger partial charge in [0.15, 0.2) is 0 Å². The number of carbonyl (C=O) groups excluding carboxylic acids is 2. The van der Waals surface area contributed by atoms with E-state index in [0.29, 0.717) is 50.4 Å². The summed E-state index contributed by atoms with van der Waals surface area (Å²) in [4.78, 5) is 37.2. The van der Waals surface area contributed by atoms with Gasteiger partial charge in [0.25, 0.3) is 0 Å². The van der Waals surface area contributed by atoms with E-state index in [2.05, 4.69) is 10.3 Å². The standard InChI is InChI=1S/C23H25FN6O4/c1-33-22(34-2)20-15(13-29-7-4-6-19(29)31)9-14-5-3-8-30(21(14)28-20)23(32)27-18-10-17(24)16(11-25)12-26-18/h9-10,12,22H,3-8,13H2,1-2H3,(H,26,27,32). The number of hydrogen-bond donors (Lipinski definition) is 1. The molecule has 34 heavy (non-hydrogen) atoms. The summed E-state index contributed by atoms with van der Waals surface area (Å²) in [7, 11) is 2.99. The first kappa shape index (κ1) is 23.5. The van der Waals surface area contributed by atoms with Crippen molar-refractivity contribution in [3.05, 3.63) is 46.5 Å². The van der Waals surface area contributed by atoms with Crippen LogP contribution in [0, 0.1) is 17.1 Å². The number of nitriles is 1. The number of aromatic nitrogens is 2. The van der Waals surface area contributed by atoms with Crippen LogP contribution in [0.25, 0.3) is 0 Å². The molecule has 0 atom stereocenters. The monoisotopic (exact) mass is 468 g/mol. The fraction of sp³-hybridized carbons (Fsp3) is 0.435. The smallest absolute Gasteiger partial charge is 0.328 e. The van der Waals surface area contributed by atoms with Crippen LogP contribution in [-0.4, -0.2) is 54.1 Å². The van der Waals surface area contributed by atoms with Crippen molar-refractivity contribution in [3.63, 3.8) is 0 Å². The Morgan fingerprint density at radius 2 is 2.03 bits per heavy atom. The Labute approximate surface area is 196 Å². The fourth-order valence-corrected chi connectivity index (χ4v) is 4.24. The number of hydrogen-bond acceptors (Lipinski definition) is 7. The quantitative estimate of drug-likeness (QED) is 0.647. The molecule has 11 heteroatoms. The number of carbonyl (C=O) groups is 2. The first-order chi connectivity index (χ1) is 16.4. The van der Waals surface area contributed by atoms with E-state index < -0.39 is 18.1 Å². The van der Waals surface area contributed by atoms with E-state index in [4.69, 9.17) is 19.7 Å². The van der Waals surface area contributed by atoms with Gasteiger partial charge in [-0.05, 0) is 36.5 Å². The molecule has 0 radical (unpaired) electrons. The SMILES string of the molecule is COC(OC)c1nc2c(cc1CN1CCCC1=O)CCCN2C(=O)Nc1cc(F)c(C#N)cn1. The van der Waals surface area contributed by atoms with Crippen LogP contribution in [0.3, 0.4) is 0 Å². The molecule has 10 nitrogen and oxygen atoms in total. The summed E-state index contributed by atoms with van der Waals surface area (Å²) in [6.45, 7) is 1.47. The summed E-state index contributed by atoms with van der Waals surface area (Å²) in [6.07, 6.45) is 3.06. The number of methoxy groups -OCH3 is 2. The van der Waals surface area contributed by atoms with Gasteiger partial charge >= 0.3 is 6.03 Å². The van der Waals surface area contributed by atoms with Crippen LogP contribution in [0.1, 0.15) is 47.9 Å². The number of pyridine rings is 2. The summed E-state index contributed by atoms with van der Waals surface area (Å²) >= 11 is 0. The molecule has 0 aliphatic carbocycles. The number of amides is 3. The molecule has 178 valence electrons. The number of fused-ring (bicyclic) bond motifs is 1. The Morgan fingerprint density at radius 1 is 1.26 bits per heavy atom. The molecule has 2 aromatic heterocycles. The normalized spacial score (nSPS) is 15.4. The molecule has 2 aromatic rings. The van der Waals surface area contributed by atoms with Crippen LogP contribution in [0.15, 0.2) is 18.3 Å². The van der Waals surface area contributed by atoms with E-state index >= 15 is 0 Å². The zero-order chi connectivity index (χ0) is 24.2. The first-order valence-corrected chi connectivity index (χ1v) is 10.9. The van der Waals surface area contributed by atoms with Crippen molar-refractivity contribution < 1.29 is 23.5 Å². The average molecular weight is 468 g/mol. The number of anilines is 2. The molecule has 2 aliphatic rings. The molecule has 1 saturated heterocycles. The first-order valence-electron chi connectivity index (χ1n) is 10.9. The van der Waals surface area contributed by atoms with Gasteiger partial charge in [-0.25, -0.2) is 19.2 Å². The van der Waals surface area contributed by atoms with Crippen molar-refractivity contribution in [2.24, 2.45) is 0 Å². The van der Waals surface area contributed by atoms with Crippen molar-refractivity contribution in [1.82, 2.24) is 14.9 Å². The second kappa shape index (κ2) is 10.1. The Balaban J connectivity index is 1.65. The molecule has 0 aromatic carbocycles. The van der Waals surface area contributed by atoms with Gasteiger partial charge in [0, 0.05) is 46.3 Å². The largest absolute Gasteiger partial charge is 0.350 e. The highest BCUT2D eigenvalue weighted by Gasteiger charge is 2.30. The summed E-state index contributed by atoms with van der Waals surface area (Å²) in [5.74, 6) is -0.234. The topological polar surface area (TPSA) is 121 Å². The molecule has 2 aliphatic heterocycles. The number of halogens is 1. The van der Waals surface area contributed by atoms with Gasteiger partial charge < -0.3 is 14.4 Å². The molecule has 4 heterocycles. The Kier molecular flexibility index (Phi) is 7.00. The van der Waals surface area contributed by atoms with Crippen molar-refractivity contribution in [3.8, 4) is 6.07 Å². The van der Waals surface area contributed by atoms with Crippen LogP contribution in [0.5, 0.6) is 0 Å². The van der Waals surface area contributed by atoms with Crippen LogP contribution >= 0.6 is 0 Å². The number of aryl methyl sites for hydroxylation is 1. The van der Waals surface area contributed by atoms with E-state index in [9.17, 15) is 14.0 Å². The van der Waals surface area contributed by atoms with E-state index in [-0.39, 0.29) is 17.3 Å². The van der Waals surface area contributed by atoms with Crippen LogP contribution in [0.2, 0.25) is 0 Å². The minimum Gasteiger partial charge on any atom is -0.350 e. The summed E-state index contributed by atoms with van der Waals surface area (Å²) in [6, 6.07) is 4.13. The number of nitrogens with zero attached hydrogens (tertiary/aromatic N) is 5. The lowest BCUT2D eigenvalue weighted by molar-refractivity contribution is -0.128. The number of urea groups is 1. The average Bonchev–Trinajstić information content (AvgIpc) is 3.24. The molecule has 1 N–H and O–H groups in total. The van der Waals surface area contributed by atoms with Gasteiger partial charge in [-0.2, -0.15) is 5.26 Å². The highest BCUT2D eigenvalue weighted by molar-refractivity contribution is 6.01. The highest BCUT2D eigenvalue weighted by atomic mass is 19.1. The molecule has 3 amide bonds. The third-order valence-corrected chi connectivity index (χ3v) is 5.91. The van der Waals surface area contributed by atoms with Gasteiger partial charge in [-0.1, -0.05) is 0 Å². The van der Waals surface area contributed by atoms with Gasteiger partial charge in [0.1, 0.15) is 34.8 Å². The zero-order valence-electron chi connectivity index (χ0n) is 19.0. The summed E-state index contributed by atoms with van der Waals surface area (Å²) in [5, 5.41) is 11.4. The molecule has 0 saturated carbocycles. The summed E-state index contributed by atoms with van der Waals surface area (Å²) in [5.41, 5.74) is 1.95. The van der Waals surface area contributed by atoms with E-state index in [1.54, 1.807) is 11.0 Å². The van der Waals surface area contributed by atoms with Gasteiger partial charge in [-0.15, -0.1) is 0 Å². The molecular weight excluding hydrogens is 443 g/mol. The molecule has 4 rings (SSSR count). The van der Waals surface area contributed by atoms with Crippen LogP contribution < -0.4 is 10.2 Å². The minimum absolute atomic E-state index is 0.00956. The minimum atomic E-state index is -0.779. The number of nitrogens with one attached hydrogen (secondary N) is 1. The lowest BCUT2D eigenvalue weighted by Gasteiger charge is -2.31. The lowest BCUT2D eigenvalue weighted by Crippen LogP contribution is -2.40. The molecule has 0 spiro atoms. The zero-order valence-corrected chi connectivity index (χ0v) is 19.0. The number of rotatable bonds is 6. The van der Waals surface area contributed by atoms with Crippen molar-refractivity contribution in [2.45, 2.75) is 38.5 Å². The van der Waals surface area contributed by atoms with Crippen molar-refractivity contribution in [1.29, 1.82) is 5.26 Å². The summed E-state index contributed by atoms with van der Waals surface area (Å²) < 4.78 is 24.8. The van der Waals surface area contributed by atoms with E-state index in [1.807, 2.05) is 6.07 Å². The number of ether oxygens (including phenoxy) is 2. The third-order valence-electron chi connectivity index (χ3n) is 5.91. The molecule has 0 unspecified atom stereocenters. The van der Waals surface area contributed by atoms with Crippen molar-refractivity contribution >= 4 is 23.6 Å². The second-order valence-corrected chi connectivity index (χ2v) is 8.08. The van der Waals surface area contributed by atoms with Gasteiger partial charge in [0.05, 0.1) is 6.20 Å². The molecule has 1 fully saturated rings. The lowest BCUT2D eigenvalue weighted by atomic mass is 10.0. The maximum absolute atomic E-state index is 13.9. The van der Waals surface area contributed by atoms with E-state index in [0.717, 1.165) is 29.8 Å². The Morgan fingerprint density at radius 3 is 2.68 bits per heavy atom. The third kappa shape index (κ3) is 4.69. The van der Waals surface area contributed by atoms with Crippen molar-refractivity contribution in [2.75, 3.05) is 37.5 Å². The molecular formula is C23H25FN6O4. The predicted octanol–water partition coefficient (Wildman–Crippen LogP) is 2.89. The Hall–Kier alpha value is -3.62. The van der Waals surface area contributed by atoms with Crippen LogP contribution in [0.4, 0.5) is 20.8 Å². The number of likely N-dealkylation sites (tertiary alicyclic amines) is 1. The van der Waals surface area contributed by atoms with Crippen LogP contribution in [-0.2, 0) is 27.2 Å². The highest BCUT2D eigenvalue weighted by Crippen LogP contribution is 2.32. The maximum Gasteiger partial charge on any atom is 0.328 e. The predicted molar refractivity (Wildman–Crippen MR) is 119 cm³/mol.